The first-order valence-corrected chi connectivity index (χ1v) is 9.33. The predicted molar refractivity (Wildman–Crippen MR) is 109 cm³/mol. The van der Waals surface area contributed by atoms with Crippen LogP contribution in [0.3, 0.4) is 0 Å². The van der Waals surface area contributed by atoms with Gasteiger partial charge < -0.3 is 4.74 Å². The van der Waals surface area contributed by atoms with E-state index in [0.29, 0.717) is 5.75 Å². The van der Waals surface area contributed by atoms with Gasteiger partial charge in [0.1, 0.15) is 10.2 Å². The Bertz CT molecular complexity index is 763. The Balaban J connectivity index is 1.95. The lowest BCUT2D eigenvalue weighted by atomic mass is 9.86. The molecule has 2 rings (SSSR count). The van der Waals surface area contributed by atoms with Gasteiger partial charge in [-0.2, -0.15) is 0 Å². The van der Waals surface area contributed by atoms with Crippen molar-refractivity contribution in [1.29, 1.82) is 0 Å². The third-order valence-corrected chi connectivity index (χ3v) is 4.27. The summed E-state index contributed by atoms with van der Waals surface area (Å²) in [6, 6.07) is 14.3. The molecule has 0 bridgehead atoms. The largest absolute Gasteiger partial charge is 0.454 e. The Kier molecular flexibility index (Phi) is 7.74. The van der Waals surface area contributed by atoms with E-state index in [1.54, 1.807) is 12.1 Å². The average Bonchev–Trinajstić information content (AvgIpc) is 2.58. The molecule has 2 aromatic rings. The van der Waals surface area contributed by atoms with Gasteiger partial charge in [-0.15, -0.1) is 0 Å². The molecule has 0 radical (unpaired) electrons. The Morgan fingerprint density at radius 1 is 1.12 bits per heavy atom. The summed E-state index contributed by atoms with van der Waals surface area (Å²) in [5, 5.41) is 0. The van der Waals surface area contributed by atoms with Gasteiger partial charge >= 0.3 is 0 Å². The zero-order valence-electron chi connectivity index (χ0n) is 15.0. The molecule has 0 heterocycles. The lowest BCUT2D eigenvalue weighted by Gasteiger charge is -2.20. The van der Waals surface area contributed by atoms with Crippen molar-refractivity contribution in [3.63, 3.8) is 0 Å². The van der Waals surface area contributed by atoms with Crippen molar-refractivity contribution in [2.75, 3.05) is 0 Å². The van der Waals surface area contributed by atoms with Gasteiger partial charge in [0, 0.05) is 0 Å². The lowest BCUT2D eigenvalue weighted by Crippen LogP contribution is -2.07. The minimum absolute atomic E-state index is 0.0309. The van der Waals surface area contributed by atoms with Crippen molar-refractivity contribution in [2.24, 2.45) is 5.41 Å². The molecule has 0 unspecified atom stereocenters. The monoisotopic (exact) mass is 392 g/mol. The molecule has 1 nitrogen and oxygen atoms in total. The van der Waals surface area contributed by atoms with E-state index < -0.39 is 0 Å². The maximum Gasteiger partial charge on any atom is 0.165 e. The summed E-state index contributed by atoms with van der Waals surface area (Å²) < 4.78 is 19.9. The first-order valence-electron chi connectivity index (χ1n) is 8.58. The molecule has 0 aromatic heterocycles. The SMILES string of the molecule is CC(C)(C=CC=C(Cl)Cl)CCCc1ccc(F)c(Oc2ccccc2)c1. The highest BCUT2D eigenvalue weighted by molar-refractivity contribution is 6.55. The van der Waals surface area contributed by atoms with Crippen LogP contribution in [0.5, 0.6) is 11.5 Å². The number of hydrogen-bond acceptors (Lipinski definition) is 1. The quantitative estimate of drug-likeness (QED) is 0.415. The summed E-state index contributed by atoms with van der Waals surface area (Å²) in [5.41, 5.74) is 1.09. The van der Waals surface area contributed by atoms with E-state index in [4.69, 9.17) is 27.9 Å². The van der Waals surface area contributed by atoms with Crippen LogP contribution in [0.4, 0.5) is 4.39 Å². The number of rotatable bonds is 8. The summed E-state index contributed by atoms with van der Waals surface area (Å²) in [7, 11) is 0. The van der Waals surface area contributed by atoms with E-state index in [-0.39, 0.29) is 21.5 Å². The van der Waals surface area contributed by atoms with Crippen LogP contribution in [-0.4, -0.2) is 0 Å². The van der Waals surface area contributed by atoms with Crippen molar-refractivity contribution >= 4 is 23.2 Å². The maximum absolute atomic E-state index is 14.0. The Hall–Kier alpha value is -1.77. The predicted octanol–water partition coefficient (Wildman–Crippen LogP) is 7.84. The van der Waals surface area contributed by atoms with Gasteiger partial charge in [-0.1, -0.05) is 73.5 Å². The van der Waals surface area contributed by atoms with Crippen LogP contribution in [-0.2, 0) is 6.42 Å². The molecule has 138 valence electrons. The van der Waals surface area contributed by atoms with Crippen LogP contribution in [0, 0.1) is 11.2 Å². The summed E-state index contributed by atoms with van der Waals surface area (Å²) in [4.78, 5) is 0. The molecule has 0 spiro atoms. The highest BCUT2D eigenvalue weighted by Gasteiger charge is 2.13. The van der Waals surface area contributed by atoms with Crippen molar-refractivity contribution in [3.8, 4) is 11.5 Å². The fourth-order valence-electron chi connectivity index (χ4n) is 2.61. The molecule has 0 N–H and O–H groups in total. The van der Waals surface area contributed by atoms with E-state index in [9.17, 15) is 4.39 Å². The molecule has 0 fully saturated rings. The van der Waals surface area contributed by atoms with Gasteiger partial charge in [0.25, 0.3) is 0 Å². The first kappa shape index (κ1) is 20.5. The number of ether oxygens (including phenoxy) is 1. The fraction of sp³-hybridized carbons (Fsp3) is 0.273. The molecule has 4 heteroatoms. The third-order valence-electron chi connectivity index (χ3n) is 4.02. The number of allylic oxidation sites excluding steroid dienone is 3. The van der Waals surface area contributed by atoms with Crippen molar-refractivity contribution < 1.29 is 9.13 Å². The molecule has 0 saturated carbocycles. The van der Waals surface area contributed by atoms with Crippen LogP contribution in [0.15, 0.2) is 71.3 Å². The summed E-state index contributed by atoms with van der Waals surface area (Å²) in [5.74, 6) is 0.529. The van der Waals surface area contributed by atoms with E-state index in [2.05, 4.69) is 19.9 Å². The zero-order valence-corrected chi connectivity index (χ0v) is 16.5. The highest BCUT2D eigenvalue weighted by atomic mass is 35.5. The lowest BCUT2D eigenvalue weighted by molar-refractivity contribution is 0.420. The number of aryl methyl sites for hydroxylation is 1. The standard InChI is InChI=1S/C22H23Cl2FO/c1-22(2,15-7-11-21(23)24)14-6-8-17-12-13-19(25)20(16-17)26-18-9-4-3-5-10-18/h3-5,7,9-13,15-16H,6,8,14H2,1-2H3. The van der Waals surface area contributed by atoms with Gasteiger partial charge in [0.15, 0.2) is 11.6 Å². The normalized spacial score (nSPS) is 11.6. The Morgan fingerprint density at radius 2 is 1.85 bits per heavy atom. The van der Waals surface area contributed by atoms with E-state index in [1.807, 2.05) is 42.5 Å². The number of hydrogen-bond donors (Lipinski definition) is 0. The molecule has 0 amide bonds. The van der Waals surface area contributed by atoms with Gasteiger partial charge in [-0.05, 0) is 60.6 Å². The van der Waals surface area contributed by atoms with E-state index in [0.717, 1.165) is 24.8 Å². The summed E-state index contributed by atoms with van der Waals surface area (Å²) in [6.07, 6.45) is 8.45. The topological polar surface area (TPSA) is 9.23 Å². The third kappa shape index (κ3) is 7.23. The molecule has 0 atom stereocenters. The van der Waals surface area contributed by atoms with Gasteiger partial charge in [-0.3, -0.25) is 0 Å². The molecule has 0 aliphatic heterocycles. The summed E-state index contributed by atoms with van der Waals surface area (Å²) in [6.45, 7) is 4.32. The second-order valence-electron chi connectivity index (χ2n) is 6.84. The minimum Gasteiger partial charge on any atom is -0.454 e. The van der Waals surface area contributed by atoms with Crippen molar-refractivity contribution in [2.45, 2.75) is 33.1 Å². The average molecular weight is 393 g/mol. The molecular formula is C22H23Cl2FO. The molecular weight excluding hydrogens is 370 g/mol. The second-order valence-corrected chi connectivity index (χ2v) is 7.85. The van der Waals surface area contributed by atoms with Crippen LogP contribution in [0.1, 0.15) is 32.3 Å². The maximum atomic E-state index is 14.0. The zero-order chi connectivity index (χ0) is 19.0. The molecule has 0 saturated heterocycles. The second kappa shape index (κ2) is 9.80. The van der Waals surface area contributed by atoms with Crippen LogP contribution in [0.2, 0.25) is 0 Å². The van der Waals surface area contributed by atoms with Crippen LogP contribution in [0.25, 0.3) is 0 Å². The fourth-order valence-corrected chi connectivity index (χ4v) is 2.76. The minimum atomic E-state index is -0.356. The first-order chi connectivity index (χ1) is 12.4. The van der Waals surface area contributed by atoms with Gasteiger partial charge in [-0.25, -0.2) is 4.39 Å². The van der Waals surface area contributed by atoms with E-state index >= 15 is 0 Å². The van der Waals surface area contributed by atoms with Crippen molar-refractivity contribution in [3.05, 3.63) is 82.6 Å². The molecule has 26 heavy (non-hydrogen) atoms. The Morgan fingerprint density at radius 3 is 2.54 bits per heavy atom. The highest BCUT2D eigenvalue weighted by Crippen LogP contribution is 2.28. The number of halogens is 3. The smallest absolute Gasteiger partial charge is 0.165 e. The van der Waals surface area contributed by atoms with Gasteiger partial charge in [0.2, 0.25) is 0 Å². The van der Waals surface area contributed by atoms with Crippen LogP contribution < -0.4 is 4.74 Å². The molecule has 2 aromatic carbocycles. The molecule has 0 aliphatic rings. The number of benzene rings is 2. The van der Waals surface area contributed by atoms with Gasteiger partial charge in [0.05, 0.1) is 0 Å². The van der Waals surface area contributed by atoms with Crippen LogP contribution >= 0.6 is 23.2 Å². The van der Waals surface area contributed by atoms with Crippen molar-refractivity contribution in [1.82, 2.24) is 0 Å². The molecule has 0 aliphatic carbocycles. The Labute approximate surface area is 165 Å². The number of para-hydroxylation sites is 1. The summed E-state index contributed by atoms with van der Waals surface area (Å²) >= 11 is 11.2. The van der Waals surface area contributed by atoms with E-state index in [1.165, 1.54) is 6.07 Å².